The number of nitrogens with zero attached hydrogens (tertiary/aromatic N) is 1. The fraction of sp³-hybridized carbons (Fsp3) is 0.190. The van der Waals surface area contributed by atoms with E-state index >= 15 is 0 Å². The number of oxime groups is 1. The molecular formula is C21H19NO5S. The average molecular weight is 397 g/mol. The van der Waals surface area contributed by atoms with Gasteiger partial charge in [0.1, 0.15) is 17.3 Å². The third kappa shape index (κ3) is 3.94. The van der Waals surface area contributed by atoms with Gasteiger partial charge >= 0.3 is 10.1 Å². The zero-order valence-corrected chi connectivity index (χ0v) is 16.1. The molecule has 0 N–H and O–H groups in total. The Kier molecular flexibility index (Phi) is 4.92. The summed E-state index contributed by atoms with van der Waals surface area (Å²) in [5.74, 6) is 1.01. The molecule has 1 unspecified atom stereocenters. The van der Waals surface area contributed by atoms with Crippen LogP contribution in [-0.2, 0) is 20.2 Å². The number of hydrogen-bond acceptors (Lipinski definition) is 6. The lowest BCUT2D eigenvalue weighted by Crippen LogP contribution is -2.26. The normalized spacial score (nSPS) is 17.8. The van der Waals surface area contributed by atoms with Gasteiger partial charge in [0, 0.05) is 17.0 Å². The van der Waals surface area contributed by atoms with Gasteiger partial charge in [0.2, 0.25) is 0 Å². The summed E-state index contributed by atoms with van der Waals surface area (Å²) in [4.78, 5) is 0. The summed E-state index contributed by atoms with van der Waals surface area (Å²) < 4.78 is 40.8. The fourth-order valence-electron chi connectivity index (χ4n) is 3.05. The second-order valence-corrected chi connectivity index (χ2v) is 8.19. The molecule has 144 valence electrons. The van der Waals surface area contributed by atoms with Gasteiger partial charge in [-0.1, -0.05) is 48.5 Å². The molecule has 4 rings (SSSR count). The van der Waals surface area contributed by atoms with Crippen LogP contribution in [0.1, 0.15) is 18.1 Å². The van der Waals surface area contributed by atoms with Gasteiger partial charge < -0.3 is 9.15 Å². The third-order valence-electron chi connectivity index (χ3n) is 4.45. The maximum atomic E-state index is 12.3. The van der Waals surface area contributed by atoms with Crippen molar-refractivity contribution in [2.75, 3.05) is 6.61 Å². The first-order valence-corrected chi connectivity index (χ1v) is 10.4. The van der Waals surface area contributed by atoms with E-state index in [1.165, 1.54) is 0 Å². The van der Waals surface area contributed by atoms with Gasteiger partial charge in [-0.25, -0.2) is 0 Å². The summed E-state index contributed by atoms with van der Waals surface area (Å²) in [5.41, 5.74) is 2.77. The number of furan rings is 1. The molecule has 1 atom stereocenters. The maximum absolute atomic E-state index is 12.3. The molecule has 7 heteroatoms. The van der Waals surface area contributed by atoms with E-state index in [1.54, 1.807) is 30.5 Å². The molecule has 1 aliphatic heterocycles. The van der Waals surface area contributed by atoms with E-state index in [1.807, 2.05) is 43.3 Å². The van der Waals surface area contributed by atoms with E-state index < -0.39 is 10.1 Å². The van der Waals surface area contributed by atoms with E-state index in [0.717, 1.165) is 11.3 Å². The highest BCUT2D eigenvalue weighted by atomic mass is 32.2. The van der Waals surface area contributed by atoms with Gasteiger partial charge in [-0.15, -0.1) is 0 Å². The third-order valence-corrected chi connectivity index (χ3v) is 5.44. The van der Waals surface area contributed by atoms with Crippen molar-refractivity contribution in [1.29, 1.82) is 0 Å². The maximum Gasteiger partial charge on any atom is 0.332 e. The molecule has 0 saturated carbocycles. The SMILES string of the molecule is CC1COc2cc(-c3ccco3)ccc2C1=NOS(=O)(=O)Cc1ccccc1. The lowest BCUT2D eigenvalue weighted by Gasteiger charge is -2.24. The van der Waals surface area contributed by atoms with Crippen LogP contribution >= 0.6 is 0 Å². The Morgan fingerprint density at radius 1 is 1.11 bits per heavy atom. The Morgan fingerprint density at radius 2 is 1.93 bits per heavy atom. The Morgan fingerprint density at radius 3 is 2.68 bits per heavy atom. The highest BCUT2D eigenvalue weighted by molar-refractivity contribution is 7.85. The van der Waals surface area contributed by atoms with Crippen LogP contribution in [0, 0.1) is 5.92 Å². The monoisotopic (exact) mass is 397 g/mol. The summed E-state index contributed by atoms with van der Waals surface area (Å²) >= 11 is 0. The van der Waals surface area contributed by atoms with E-state index in [9.17, 15) is 8.42 Å². The van der Waals surface area contributed by atoms with Crippen LogP contribution in [-0.4, -0.2) is 20.7 Å². The van der Waals surface area contributed by atoms with Crippen molar-refractivity contribution >= 4 is 15.8 Å². The van der Waals surface area contributed by atoms with Crippen LogP contribution in [0.4, 0.5) is 0 Å². The number of benzene rings is 2. The minimum Gasteiger partial charge on any atom is -0.492 e. The van der Waals surface area contributed by atoms with Crippen LogP contribution in [0.15, 0.2) is 76.5 Å². The topological polar surface area (TPSA) is 78.1 Å². The van der Waals surface area contributed by atoms with E-state index in [0.29, 0.717) is 29.2 Å². The number of ether oxygens (including phenoxy) is 1. The standard InChI is InChI=1S/C21H19NO5S/c1-15-13-26-20-12-17(19-8-5-11-25-19)9-10-18(20)21(15)22-27-28(23,24)14-16-6-3-2-4-7-16/h2-12,15H,13-14H2,1H3. The van der Waals surface area contributed by atoms with Crippen molar-refractivity contribution in [3.05, 3.63) is 78.1 Å². The van der Waals surface area contributed by atoms with E-state index in [2.05, 4.69) is 5.16 Å². The van der Waals surface area contributed by atoms with Crippen molar-refractivity contribution in [3.8, 4) is 17.1 Å². The largest absolute Gasteiger partial charge is 0.492 e. The van der Waals surface area contributed by atoms with Crippen molar-refractivity contribution in [2.45, 2.75) is 12.7 Å². The molecule has 2 heterocycles. The fourth-order valence-corrected chi connectivity index (χ4v) is 3.90. The van der Waals surface area contributed by atoms with Gasteiger partial charge in [-0.2, -0.15) is 8.42 Å². The van der Waals surface area contributed by atoms with Gasteiger partial charge in [0.25, 0.3) is 0 Å². The highest BCUT2D eigenvalue weighted by Gasteiger charge is 2.26. The highest BCUT2D eigenvalue weighted by Crippen LogP contribution is 2.33. The number of fused-ring (bicyclic) bond motifs is 1. The number of hydrogen-bond donors (Lipinski definition) is 0. The van der Waals surface area contributed by atoms with Crippen LogP contribution in [0.5, 0.6) is 5.75 Å². The predicted molar refractivity (Wildman–Crippen MR) is 105 cm³/mol. The van der Waals surface area contributed by atoms with Gasteiger partial charge in [0.05, 0.1) is 18.6 Å². The minimum absolute atomic E-state index is 0.103. The summed E-state index contributed by atoms with van der Waals surface area (Å²) in [5, 5.41) is 3.99. The smallest absolute Gasteiger partial charge is 0.332 e. The van der Waals surface area contributed by atoms with Crippen LogP contribution in [0.3, 0.4) is 0 Å². The quantitative estimate of drug-likeness (QED) is 0.602. The predicted octanol–water partition coefficient (Wildman–Crippen LogP) is 4.23. The van der Waals surface area contributed by atoms with Crippen molar-refractivity contribution in [1.82, 2.24) is 0 Å². The molecule has 0 radical (unpaired) electrons. The molecule has 0 amide bonds. The van der Waals surface area contributed by atoms with Crippen molar-refractivity contribution in [3.63, 3.8) is 0 Å². The van der Waals surface area contributed by atoms with E-state index in [4.69, 9.17) is 13.4 Å². The first-order valence-electron chi connectivity index (χ1n) is 8.86. The van der Waals surface area contributed by atoms with Crippen molar-refractivity contribution < 1.29 is 21.9 Å². The average Bonchev–Trinajstić information content (AvgIpc) is 3.22. The molecule has 1 aromatic heterocycles. The molecule has 0 bridgehead atoms. The molecular weight excluding hydrogens is 378 g/mol. The molecule has 2 aromatic carbocycles. The van der Waals surface area contributed by atoms with E-state index in [-0.39, 0.29) is 11.7 Å². The summed E-state index contributed by atoms with van der Waals surface area (Å²) in [7, 11) is -3.85. The Balaban J connectivity index is 1.59. The summed E-state index contributed by atoms with van der Waals surface area (Å²) in [6.07, 6.45) is 1.61. The first-order chi connectivity index (χ1) is 13.5. The second-order valence-electron chi connectivity index (χ2n) is 6.64. The Bertz CT molecular complexity index is 1090. The zero-order valence-electron chi connectivity index (χ0n) is 15.2. The molecule has 1 aliphatic rings. The van der Waals surface area contributed by atoms with Gasteiger partial charge in [-0.3, -0.25) is 4.28 Å². The molecule has 0 fully saturated rings. The summed E-state index contributed by atoms with van der Waals surface area (Å²) in [6.45, 7) is 2.30. The lowest BCUT2D eigenvalue weighted by molar-refractivity contribution is 0.273. The van der Waals surface area contributed by atoms with Gasteiger partial charge in [-0.05, 0) is 29.8 Å². The van der Waals surface area contributed by atoms with Gasteiger partial charge in [0.15, 0.2) is 0 Å². The lowest BCUT2D eigenvalue weighted by atomic mass is 9.94. The Labute approximate surface area is 163 Å². The molecule has 0 saturated heterocycles. The molecule has 0 aliphatic carbocycles. The first kappa shape index (κ1) is 18.3. The number of rotatable bonds is 5. The van der Waals surface area contributed by atoms with Crippen LogP contribution in [0.2, 0.25) is 0 Å². The minimum atomic E-state index is -3.85. The summed E-state index contributed by atoms with van der Waals surface area (Å²) in [6, 6.07) is 18.1. The molecule has 6 nitrogen and oxygen atoms in total. The molecule has 28 heavy (non-hydrogen) atoms. The van der Waals surface area contributed by atoms with Crippen LogP contribution in [0.25, 0.3) is 11.3 Å². The Hall–Kier alpha value is -3.06. The zero-order chi connectivity index (χ0) is 19.6. The molecule has 3 aromatic rings. The van der Waals surface area contributed by atoms with Crippen molar-refractivity contribution in [2.24, 2.45) is 11.1 Å². The van der Waals surface area contributed by atoms with Crippen LogP contribution < -0.4 is 4.74 Å². The second kappa shape index (κ2) is 7.52. The molecule has 0 spiro atoms.